The first kappa shape index (κ1) is 20.6. The molecule has 5 atom stereocenters. The zero-order valence-electron chi connectivity index (χ0n) is 17.1. The molecule has 0 amide bonds. The monoisotopic (exact) mass is 390 g/mol. The van der Waals surface area contributed by atoms with Crippen LogP contribution in [0.5, 0.6) is 0 Å². The van der Waals surface area contributed by atoms with Crippen LogP contribution in [0.2, 0.25) is 0 Å². The van der Waals surface area contributed by atoms with Gasteiger partial charge in [0.25, 0.3) is 0 Å². The first-order chi connectivity index (χ1) is 13.1. The Morgan fingerprint density at radius 2 is 2.07 bits per heavy atom. The molecule has 0 aromatic rings. The van der Waals surface area contributed by atoms with Crippen LogP contribution in [0.4, 0.5) is 0 Å². The maximum atomic E-state index is 12.1. The van der Waals surface area contributed by atoms with E-state index < -0.39 is 17.3 Å². The van der Waals surface area contributed by atoms with E-state index in [9.17, 15) is 19.5 Å². The van der Waals surface area contributed by atoms with Crippen LogP contribution in [-0.4, -0.2) is 35.7 Å². The molecule has 0 bridgehead atoms. The van der Waals surface area contributed by atoms with Gasteiger partial charge in [-0.3, -0.25) is 9.59 Å². The third-order valence-electron chi connectivity index (χ3n) is 7.47. The first-order valence-electron chi connectivity index (χ1n) is 10.0. The van der Waals surface area contributed by atoms with E-state index in [0.29, 0.717) is 37.9 Å². The van der Waals surface area contributed by atoms with Gasteiger partial charge in [0.15, 0.2) is 0 Å². The van der Waals surface area contributed by atoms with Gasteiger partial charge in [0.1, 0.15) is 12.7 Å². The molecule has 1 aliphatic heterocycles. The van der Waals surface area contributed by atoms with E-state index in [2.05, 4.69) is 13.8 Å². The second-order valence-electron chi connectivity index (χ2n) is 8.97. The molecular weight excluding hydrogens is 360 g/mol. The average molecular weight is 390 g/mol. The molecule has 3 rings (SSSR count). The summed E-state index contributed by atoms with van der Waals surface area (Å²) < 4.78 is 10.5. The maximum Gasteiger partial charge on any atom is 0.334 e. The Bertz CT molecular complexity index is 750. The van der Waals surface area contributed by atoms with E-state index in [1.807, 2.05) is 13.0 Å². The zero-order valence-corrected chi connectivity index (χ0v) is 17.1. The minimum atomic E-state index is -0.788. The molecule has 0 spiro atoms. The lowest BCUT2D eigenvalue weighted by molar-refractivity contribution is -0.162. The lowest BCUT2D eigenvalue weighted by Gasteiger charge is -2.58. The number of carboxylic acid groups (broad SMARTS) is 1. The maximum absolute atomic E-state index is 12.1. The van der Waals surface area contributed by atoms with Gasteiger partial charge >= 0.3 is 17.9 Å². The van der Waals surface area contributed by atoms with Crippen molar-refractivity contribution in [2.24, 2.45) is 22.7 Å². The standard InChI is InChI=1S/C22H30O6/c1-13-11-16(28-14(2)23)12-18-21(13,3)9-6-17(19(24)25)22(18,4)8-5-15-7-10-27-20(15)26/h7,11,16-18H,5-6,8-10,12H2,1-4H3,(H,24,25). The van der Waals surface area contributed by atoms with Gasteiger partial charge in [0, 0.05) is 12.5 Å². The molecule has 6 nitrogen and oxygen atoms in total. The molecule has 28 heavy (non-hydrogen) atoms. The second kappa shape index (κ2) is 7.37. The fourth-order valence-electron chi connectivity index (χ4n) is 5.74. The average Bonchev–Trinajstić information content (AvgIpc) is 3.00. The number of carbonyl (C=O) groups excluding carboxylic acids is 2. The van der Waals surface area contributed by atoms with E-state index >= 15 is 0 Å². The van der Waals surface area contributed by atoms with Crippen molar-refractivity contribution in [2.75, 3.05) is 6.61 Å². The Morgan fingerprint density at radius 1 is 1.36 bits per heavy atom. The molecule has 1 N–H and O–H groups in total. The van der Waals surface area contributed by atoms with Crippen molar-refractivity contribution in [2.45, 2.75) is 65.9 Å². The lowest BCUT2D eigenvalue weighted by atomic mass is 9.46. The molecule has 1 fully saturated rings. The number of allylic oxidation sites excluding steroid dienone is 1. The fourth-order valence-corrected chi connectivity index (χ4v) is 5.74. The van der Waals surface area contributed by atoms with Gasteiger partial charge in [0.2, 0.25) is 0 Å². The van der Waals surface area contributed by atoms with Gasteiger partial charge in [-0.25, -0.2) is 4.79 Å². The number of hydrogen-bond acceptors (Lipinski definition) is 5. The molecule has 6 heteroatoms. The molecule has 154 valence electrons. The number of esters is 2. The van der Waals surface area contributed by atoms with Gasteiger partial charge in [0.05, 0.1) is 5.92 Å². The molecule has 3 aliphatic rings. The summed E-state index contributed by atoms with van der Waals surface area (Å²) in [6.45, 7) is 7.99. The van der Waals surface area contributed by atoms with Crippen LogP contribution in [0.25, 0.3) is 0 Å². The number of ether oxygens (including phenoxy) is 2. The van der Waals surface area contributed by atoms with Crippen LogP contribution in [0, 0.1) is 22.7 Å². The highest BCUT2D eigenvalue weighted by atomic mass is 16.5. The predicted octanol–water partition coefficient (Wildman–Crippen LogP) is 3.65. The number of carbonyl (C=O) groups is 3. The number of hydrogen-bond donors (Lipinski definition) is 1. The van der Waals surface area contributed by atoms with Gasteiger partial charge in [-0.2, -0.15) is 0 Å². The van der Waals surface area contributed by atoms with E-state index in [4.69, 9.17) is 9.47 Å². The highest BCUT2D eigenvalue weighted by Gasteiger charge is 2.57. The highest BCUT2D eigenvalue weighted by molar-refractivity contribution is 5.90. The Balaban J connectivity index is 1.94. The van der Waals surface area contributed by atoms with Gasteiger partial charge < -0.3 is 14.6 Å². The Labute approximate surface area is 166 Å². The molecule has 1 saturated carbocycles. The number of fused-ring (bicyclic) bond motifs is 1. The van der Waals surface area contributed by atoms with Crippen molar-refractivity contribution in [3.8, 4) is 0 Å². The first-order valence-corrected chi connectivity index (χ1v) is 10.0. The molecule has 0 aromatic heterocycles. The van der Waals surface area contributed by atoms with Crippen molar-refractivity contribution in [3.63, 3.8) is 0 Å². The number of aliphatic carboxylic acids is 1. The summed E-state index contributed by atoms with van der Waals surface area (Å²) in [5.41, 5.74) is 1.14. The van der Waals surface area contributed by atoms with Gasteiger partial charge in [-0.15, -0.1) is 0 Å². The van der Waals surface area contributed by atoms with Crippen molar-refractivity contribution >= 4 is 17.9 Å². The van der Waals surface area contributed by atoms with Crippen LogP contribution >= 0.6 is 0 Å². The smallest absolute Gasteiger partial charge is 0.334 e. The van der Waals surface area contributed by atoms with E-state index in [0.717, 1.165) is 12.0 Å². The molecule has 0 saturated heterocycles. The third kappa shape index (κ3) is 3.49. The number of carboxylic acids is 1. The van der Waals surface area contributed by atoms with Gasteiger partial charge in [-0.1, -0.05) is 19.4 Å². The van der Waals surface area contributed by atoms with E-state index in [1.165, 1.54) is 6.92 Å². The van der Waals surface area contributed by atoms with Crippen LogP contribution in [-0.2, 0) is 23.9 Å². The Kier molecular flexibility index (Phi) is 5.43. The van der Waals surface area contributed by atoms with Crippen LogP contribution in [0.15, 0.2) is 23.3 Å². The Hall–Kier alpha value is -2.11. The zero-order chi connectivity index (χ0) is 20.7. The minimum absolute atomic E-state index is 0.0437. The van der Waals surface area contributed by atoms with Crippen LogP contribution in [0.3, 0.4) is 0 Å². The van der Waals surface area contributed by atoms with E-state index in [1.54, 1.807) is 6.08 Å². The highest BCUT2D eigenvalue weighted by Crippen LogP contribution is 2.62. The summed E-state index contributed by atoms with van der Waals surface area (Å²) in [4.78, 5) is 35.5. The number of cyclic esters (lactones) is 1. The molecular formula is C22H30O6. The summed E-state index contributed by atoms with van der Waals surface area (Å²) in [6, 6.07) is 0. The minimum Gasteiger partial charge on any atom is -0.481 e. The van der Waals surface area contributed by atoms with Crippen molar-refractivity contribution < 1.29 is 29.0 Å². The van der Waals surface area contributed by atoms with Gasteiger partial charge in [-0.05, 0) is 67.9 Å². The number of rotatable bonds is 5. The van der Waals surface area contributed by atoms with E-state index in [-0.39, 0.29) is 29.4 Å². The summed E-state index contributed by atoms with van der Waals surface area (Å²) in [5, 5.41) is 9.96. The predicted molar refractivity (Wildman–Crippen MR) is 102 cm³/mol. The SMILES string of the molecule is CC(=O)OC1C=C(C)C2(C)CCC(C(=O)O)C(C)(CCC3=CCOC3=O)C2C1. The molecule has 5 unspecified atom stereocenters. The summed E-state index contributed by atoms with van der Waals surface area (Å²) >= 11 is 0. The molecule has 1 heterocycles. The second-order valence-corrected chi connectivity index (χ2v) is 8.97. The quantitative estimate of drug-likeness (QED) is 0.569. The molecule has 0 radical (unpaired) electrons. The molecule has 2 aliphatic carbocycles. The molecule has 0 aromatic carbocycles. The van der Waals surface area contributed by atoms with Crippen molar-refractivity contribution in [1.29, 1.82) is 0 Å². The van der Waals surface area contributed by atoms with Crippen molar-refractivity contribution in [3.05, 3.63) is 23.3 Å². The largest absolute Gasteiger partial charge is 0.481 e. The van der Waals surface area contributed by atoms with Crippen LogP contribution < -0.4 is 0 Å². The normalized spacial score (nSPS) is 37.4. The summed E-state index contributed by atoms with van der Waals surface area (Å²) in [6.07, 6.45) is 6.58. The van der Waals surface area contributed by atoms with Crippen LogP contribution in [0.1, 0.15) is 59.8 Å². The fraction of sp³-hybridized carbons (Fsp3) is 0.682. The Morgan fingerprint density at radius 3 is 2.64 bits per heavy atom. The lowest BCUT2D eigenvalue weighted by Crippen LogP contribution is -2.54. The summed E-state index contributed by atoms with van der Waals surface area (Å²) in [5.74, 6) is -1.87. The third-order valence-corrected chi connectivity index (χ3v) is 7.47. The topological polar surface area (TPSA) is 89.9 Å². The summed E-state index contributed by atoms with van der Waals surface area (Å²) in [7, 11) is 0. The van der Waals surface area contributed by atoms with Crippen molar-refractivity contribution in [1.82, 2.24) is 0 Å².